The van der Waals surface area contributed by atoms with Crippen LogP contribution < -0.4 is 14.8 Å². The van der Waals surface area contributed by atoms with E-state index in [-0.39, 0.29) is 18.6 Å². The van der Waals surface area contributed by atoms with Crippen LogP contribution in [0.2, 0.25) is 0 Å². The molecule has 2 aliphatic rings. The third-order valence-corrected chi connectivity index (χ3v) is 7.85. The Morgan fingerprint density at radius 2 is 1.92 bits per heavy atom. The number of nitrogens with zero attached hydrogens (tertiary/aromatic N) is 4. The number of amides is 1. The lowest BCUT2D eigenvalue weighted by Gasteiger charge is -2.35. The van der Waals surface area contributed by atoms with Gasteiger partial charge in [-0.2, -0.15) is 0 Å². The first-order valence-corrected chi connectivity index (χ1v) is 13.5. The van der Waals surface area contributed by atoms with E-state index in [2.05, 4.69) is 25.2 Å². The van der Waals surface area contributed by atoms with Crippen LogP contribution >= 0.6 is 11.3 Å². The first kappa shape index (κ1) is 27.6. The molecule has 2 aromatic rings. The second-order valence-electron chi connectivity index (χ2n) is 10.0. The van der Waals surface area contributed by atoms with Crippen LogP contribution in [0.15, 0.2) is 12.4 Å². The quantitative estimate of drug-likeness (QED) is 0.488. The van der Waals surface area contributed by atoms with Gasteiger partial charge in [0.1, 0.15) is 11.5 Å². The van der Waals surface area contributed by atoms with Gasteiger partial charge < -0.3 is 19.7 Å². The summed E-state index contributed by atoms with van der Waals surface area (Å²) in [4.78, 5) is 28.0. The normalized spacial score (nSPS) is 22.7. The third-order valence-electron chi connectivity index (χ3n) is 6.78. The van der Waals surface area contributed by atoms with Gasteiger partial charge >= 0.3 is 0 Å². The van der Waals surface area contributed by atoms with Crippen LogP contribution in [0.5, 0.6) is 10.9 Å². The predicted molar refractivity (Wildman–Crippen MR) is 133 cm³/mol. The summed E-state index contributed by atoms with van der Waals surface area (Å²) in [7, 11) is 0. The standard InChI is InChI=1S/C25H34F3N5O3S/c1-17-29-13-19(14-30-17)35-15-22(34)31-18-3-7-25(28,8-4-18)9-12-33-10-5-20-21(6-11-33)37-23(32-20)36-16-24(2,26)27/h13-14,18H,3-12,15-16H2,1-2H3,(H,31,34)/t18-,25+. The van der Waals surface area contributed by atoms with Crippen LogP contribution in [-0.2, 0) is 17.6 Å². The molecular formula is C25H34F3N5O3S. The Hall–Kier alpha value is -2.47. The van der Waals surface area contributed by atoms with Gasteiger partial charge in [0.25, 0.3) is 17.0 Å². The summed E-state index contributed by atoms with van der Waals surface area (Å²) < 4.78 is 52.2. The minimum atomic E-state index is -2.89. The molecule has 0 saturated heterocycles. The number of aromatic nitrogens is 3. The lowest BCUT2D eigenvalue weighted by Crippen LogP contribution is -2.44. The Balaban J connectivity index is 1.15. The minimum absolute atomic E-state index is 0.0569. The minimum Gasteiger partial charge on any atom is -0.481 e. The van der Waals surface area contributed by atoms with Gasteiger partial charge in [-0.3, -0.25) is 4.79 Å². The van der Waals surface area contributed by atoms with Gasteiger partial charge in [-0.25, -0.2) is 28.1 Å². The van der Waals surface area contributed by atoms with Gasteiger partial charge in [-0.15, -0.1) is 0 Å². The van der Waals surface area contributed by atoms with Crippen LogP contribution in [0.25, 0.3) is 0 Å². The first-order chi connectivity index (χ1) is 17.6. The highest BCUT2D eigenvalue weighted by Crippen LogP contribution is 2.35. The van der Waals surface area contributed by atoms with Crippen molar-refractivity contribution in [2.45, 2.75) is 76.4 Å². The molecular weight excluding hydrogens is 507 g/mol. The molecule has 1 aliphatic heterocycles. The number of thiazole rings is 1. The topological polar surface area (TPSA) is 89.5 Å². The van der Waals surface area contributed by atoms with Crippen molar-refractivity contribution in [3.05, 3.63) is 28.8 Å². The molecule has 0 spiro atoms. The Kier molecular flexibility index (Phi) is 8.89. The maximum Gasteiger partial charge on any atom is 0.278 e. The fourth-order valence-corrected chi connectivity index (χ4v) is 5.56. The van der Waals surface area contributed by atoms with Crippen LogP contribution in [0.3, 0.4) is 0 Å². The number of ether oxygens (including phenoxy) is 2. The Labute approximate surface area is 219 Å². The molecule has 0 unspecified atom stereocenters. The molecule has 0 aromatic carbocycles. The van der Waals surface area contributed by atoms with Crippen LogP contribution in [0, 0.1) is 6.92 Å². The SMILES string of the molecule is Cc1ncc(OCC(=O)N[C@H]2CC[C@](F)(CCN3CCc4nc(OCC(C)(F)F)sc4CC3)CC2)cn1. The van der Waals surface area contributed by atoms with Crippen molar-refractivity contribution in [3.63, 3.8) is 0 Å². The summed E-state index contributed by atoms with van der Waals surface area (Å²) in [6.07, 6.45) is 6.96. The van der Waals surface area contributed by atoms with Gasteiger partial charge in [0, 0.05) is 43.9 Å². The maximum absolute atomic E-state index is 15.5. The van der Waals surface area contributed by atoms with E-state index in [4.69, 9.17) is 9.47 Å². The molecule has 1 fully saturated rings. The molecule has 12 heteroatoms. The molecule has 0 atom stereocenters. The summed E-state index contributed by atoms with van der Waals surface area (Å²) in [6, 6.07) is -0.0569. The Morgan fingerprint density at radius 1 is 1.22 bits per heavy atom. The number of hydrogen-bond donors (Lipinski definition) is 1. The van der Waals surface area contributed by atoms with Crippen molar-refractivity contribution >= 4 is 17.2 Å². The van der Waals surface area contributed by atoms with Crippen LogP contribution in [0.1, 0.15) is 55.4 Å². The molecule has 37 heavy (non-hydrogen) atoms. The fraction of sp³-hybridized carbons (Fsp3) is 0.680. The van der Waals surface area contributed by atoms with Gasteiger partial charge in [0.2, 0.25) is 0 Å². The molecule has 0 bridgehead atoms. The molecule has 4 rings (SSSR count). The van der Waals surface area contributed by atoms with Crippen molar-refractivity contribution in [3.8, 4) is 10.9 Å². The number of rotatable bonds is 10. The van der Waals surface area contributed by atoms with Gasteiger partial charge in [-0.05, 0) is 45.4 Å². The van der Waals surface area contributed by atoms with E-state index in [1.807, 2.05) is 0 Å². The van der Waals surface area contributed by atoms with Gasteiger partial charge in [0.05, 0.1) is 18.1 Å². The van der Waals surface area contributed by atoms with Crippen molar-refractivity contribution < 1.29 is 27.4 Å². The summed E-state index contributed by atoms with van der Waals surface area (Å²) in [6.45, 7) is 3.97. The van der Waals surface area contributed by atoms with Crippen molar-refractivity contribution in [1.82, 2.24) is 25.2 Å². The monoisotopic (exact) mass is 541 g/mol. The van der Waals surface area contributed by atoms with E-state index in [0.29, 0.717) is 61.8 Å². The Morgan fingerprint density at radius 3 is 2.62 bits per heavy atom. The van der Waals surface area contributed by atoms with Crippen molar-refractivity contribution in [2.75, 3.05) is 32.8 Å². The number of aryl methyl sites for hydroxylation is 1. The lowest BCUT2D eigenvalue weighted by atomic mass is 9.81. The van der Waals surface area contributed by atoms with Crippen LogP contribution in [0.4, 0.5) is 13.2 Å². The summed E-state index contributed by atoms with van der Waals surface area (Å²) in [5.74, 6) is -2.07. The zero-order chi connectivity index (χ0) is 26.5. The molecule has 1 N–H and O–H groups in total. The number of fused-ring (bicyclic) bond motifs is 1. The van der Waals surface area contributed by atoms with E-state index in [9.17, 15) is 13.6 Å². The highest BCUT2D eigenvalue weighted by molar-refractivity contribution is 7.13. The number of alkyl halides is 3. The van der Waals surface area contributed by atoms with Crippen molar-refractivity contribution in [1.29, 1.82) is 0 Å². The molecule has 1 aliphatic carbocycles. The highest BCUT2D eigenvalue weighted by atomic mass is 32.1. The van der Waals surface area contributed by atoms with Crippen molar-refractivity contribution in [2.24, 2.45) is 0 Å². The molecule has 3 heterocycles. The molecule has 1 amide bonds. The van der Waals surface area contributed by atoms with E-state index in [1.54, 1.807) is 6.92 Å². The number of nitrogens with one attached hydrogen (secondary N) is 1. The maximum atomic E-state index is 15.5. The van der Waals surface area contributed by atoms with Crippen LogP contribution in [-0.4, -0.2) is 76.2 Å². The second-order valence-corrected chi connectivity index (χ2v) is 11.1. The van der Waals surface area contributed by atoms with E-state index >= 15 is 4.39 Å². The average molecular weight is 542 g/mol. The summed E-state index contributed by atoms with van der Waals surface area (Å²) in [5.41, 5.74) is -0.342. The number of halogens is 3. The predicted octanol–water partition coefficient (Wildman–Crippen LogP) is 3.91. The molecule has 8 nitrogen and oxygen atoms in total. The van der Waals surface area contributed by atoms with E-state index < -0.39 is 18.2 Å². The smallest absolute Gasteiger partial charge is 0.278 e. The fourth-order valence-electron chi connectivity index (χ4n) is 4.62. The van der Waals surface area contributed by atoms with Gasteiger partial charge in [0.15, 0.2) is 19.0 Å². The van der Waals surface area contributed by atoms with E-state index in [0.717, 1.165) is 37.0 Å². The highest BCUT2D eigenvalue weighted by Gasteiger charge is 2.36. The van der Waals surface area contributed by atoms with Gasteiger partial charge in [-0.1, -0.05) is 11.3 Å². The summed E-state index contributed by atoms with van der Waals surface area (Å²) >= 11 is 1.33. The zero-order valence-corrected chi connectivity index (χ0v) is 22.1. The first-order valence-electron chi connectivity index (χ1n) is 12.7. The molecule has 204 valence electrons. The number of hydrogen-bond acceptors (Lipinski definition) is 8. The third kappa shape index (κ3) is 8.53. The average Bonchev–Trinajstić information content (AvgIpc) is 3.15. The largest absolute Gasteiger partial charge is 0.481 e. The zero-order valence-electron chi connectivity index (χ0n) is 21.3. The number of carbonyl (C=O) groups excluding carboxylic acids is 1. The summed E-state index contributed by atoms with van der Waals surface area (Å²) in [5, 5.41) is 3.24. The number of carbonyl (C=O) groups is 1. The molecule has 1 saturated carbocycles. The second kappa shape index (κ2) is 11.9. The molecule has 2 aromatic heterocycles. The Bertz CT molecular complexity index is 1010. The lowest BCUT2D eigenvalue weighted by molar-refractivity contribution is -0.124. The molecule has 0 radical (unpaired) electrons. The van der Waals surface area contributed by atoms with E-state index in [1.165, 1.54) is 23.7 Å².